The molecule has 2 aliphatic rings. The normalized spacial score (nSPS) is 14.0. The van der Waals surface area contributed by atoms with Gasteiger partial charge >= 0.3 is 5.97 Å². The summed E-state index contributed by atoms with van der Waals surface area (Å²) in [5, 5.41) is 14.9. The fourth-order valence-electron chi connectivity index (χ4n) is 7.60. The largest absolute Gasteiger partial charge is 0.493 e. The number of aryl methyl sites for hydroxylation is 1. The average molecular weight is 919 g/mol. The van der Waals surface area contributed by atoms with E-state index >= 15 is 0 Å². The summed E-state index contributed by atoms with van der Waals surface area (Å²) in [5.74, 6) is -1.73. The number of thiophene rings is 1. The minimum absolute atomic E-state index is 0.135. The lowest BCUT2D eigenvalue weighted by Crippen LogP contribution is -2.46. The number of hydrogen-bond acceptors (Lipinski definition) is 12. The Balaban J connectivity index is 0.846. The van der Waals surface area contributed by atoms with Crippen LogP contribution in [0.15, 0.2) is 77.9 Å². The Labute approximate surface area is 384 Å². The fraction of sp³-hybridized carbons (Fsp3) is 0.319. The van der Waals surface area contributed by atoms with E-state index < -0.39 is 23.8 Å². The zero-order valence-corrected chi connectivity index (χ0v) is 37.7. The highest BCUT2D eigenvalue weighted by molar-refractivity contribution is 7.23. The number of ether oxygens (including phenoxy) is 3. The third-order valence-electron chi connectivity index (χ3n) is 10.9. The average Bonchev–Trinajstić information content (AvgIpc) is 3.98. The number of benzene rings is 3. The lowest BCUT2D eigenvalue weighted by atomic mass is 10.1. The summed E-state index contributed by atoms with van der Waals surface area (Å²) in [7, 11) is 4.50. The van der Waals surface area contributed by atoms with Gasteiger partial charge in [0.25, 0.3) is 11.8 Å². The molecule has 344 valence electrons. The van der Waals surface area contributed by atoms with E-state index in [1.807, 2.05) is 30.3 Å². The zero-order chi connectivity index (χ0) is 46.9. The maximum absolute atomic E-state index is 13.7. The number of fused-ring (bicyclic) bond motifs is 5. The molecule has 0 bridgehead atoms. The summed E-state index contributed by atoms with van der Waals surface area (Å²) in [6.07, 6.45) is 5.93. The maximum Gasteiger partial charge on any atom is 0.305 e. The molecule has 0 radical (unpaired) electrons. The minimum atomic E-state index is -0.865. The van der Waals surface area contributed by atoms with Crippen molar-refractivity contribution in [1.82, 2.24) is 15.2 Å². The molecule has 0 saturated heterocycles. The number of nitrogens with one attached hydrogen (secondary N) is 5. The van der Waals surface area contributed by atoms with Crippen LogP contribution >= 0.6 is 11.3 Å². The highest BCUT2D eigenvalue weighted by atomic mass is 32.1. The first-order chi connectivity index (χ1) is 31.8. The van der Waals surface area contributed by atoms with E-state index in [2.05, 4.69) is 36.3 Å². The quantitative estimate of drug-likeness (QED) is 0.0488. The Morgan fingerprint density at radius 3 is 2.44 bits per heavy atom. The number of carbonyl (C=O) groups excluding carboxylic acids is 7. The van der Waals surface area contributed by atoms with Crippen LogP contribution in [-0.2, 0) is 42.2 Å². The van der Waals surface area contributed by atoms with Crippen LogP contribution in [0.3, 0.4) is 0 Å². The fourth-order valence-corrected chi connectivity index (χ4v) is 8.56. The molecule has 3 aromatic carbocycles. The van der Waals surface area contributed by atoms with Crippen LogP contribution in [0.2, 0.25) is 0 Å². The van der Waals surface area contributed by atoms with Crippen LogP contribution < -0.4 is 41.0 Å². The molecule has 0 aliphatic carbocycles. The first-order valence-electron chi connectivity index (χ1n) is 21.4. The van der Waals surface area contributed by atoms with Crippen LogP contribution in [-0.4, -0.2) is 91.6 Å². The van der Waals surface area contributed by atoms with Crippen molar-refractivity contribution in [1.29, 1.82) is 0 Å². The van der Waals surface area contributed by atoms with Gasteiger partial charge < -0.3 is 45.4 Å². The molecule has 18 nitrogen and oxygen atoms in total. The number of aliphatic imine (C=N–C) groups is 1. The number of nitrogens with zero attached hydrogens (tertiary/aromatic N) is 3. The van der Waals surface area contributed by atoms with E-state index in [1.165, 1.54) is 32.5 Å². The maximum atomic E-state index is 13.7. The van der Waals surface area contributed by atoms with Gasteiger partial charge in [0, 0.05) is 67.3 Å². The highest BCUT2D eigenvalue weighted by Gasteiger charge is 2.36. The lowest BCUT2D eigenvalue weighted by molar-refractivity contribution is -0.140. The van der Waals surface area contributed by atoms with E-state index in [0.717, 1.165) is 21.3 Å². The number of hydrogen-bond donors (Lipinski definition) is 5. The summed E-state index contributed by atoms with van der Waals surface area (Å²) in [6.45, 7) is 1.39. The number of methoxy groups -OCH3 is 2. The number of anilines is 4. The van der Waals surface area contributed by atoms with Crippen molar-refractivity contribution in [2.24, 2.45) is 12.0 Å². The van der Waals surface area contributed by atoms with Crippen LogP contribution in [0, 0.1) is 0 Å². The standard InChI is InChI=1S/C47H50N8O10S/c1-27(50-40(56)12-7-8-14-44(59)64-4)45(60)49-25-42(58)53-43-20-29-18-30(15-16-39(29)66-43)52-46(61)36-21-31(26-54(36)2)51-41(57)13-9-17-65-38-23-34-33(22-37(38)63-3)47(62)55-32(24-48-34)19-28-10-5-6-11-35(28)55/h5-6,10-11,15-16,18,20-24,26-27,32H,7-9,12-14,17,19,25H2,1-4H3,(H,49,60)(H,50,56)(H,51,57)(H,52,61)(H,53,58)/t27-,32-/m0/s1. The first kappa shape index (κ1) is 46.5. The molecule has 5 N–H and O–H groups in total. The van der Waals surface area contributed by atoms with Gasteiger partial charge in [-0.05, 0) is 79.6 Å². The number of aromatic nitrogens is 1. The molecule has 2 aromatic heterocycles. The molecular weight excluding hydrogens is 869 g/mol. The highest BCUT2D eigenvalue weighted by Crippen LogP contribution is 2.41. The Morgan fingerprint density at radius 2 is 1.64 bits per heavy atom. The van der Waals surface area contributed by atoms with Crippen molar-refractivity contribution in [2.75, 3.05) is 48.2 Å². The summed E-state index contributed by atoms with van der Waals surface area (Å²) < 4.78 is 18.6. The first-order valence-corrected chi connectivity index (χ1v) is 22.2. The third kappa shape index (κ3) is 11.2. The van der Waals surface area contributed by atoms with Gasteiger partial charge in [0.1, 0.15) is 11.7 Å². The molecule has 19 heteroatoms. The minimum Gasteiger partial charge on any atom is -0.493 e. The molecule has 5 aromatic rings. The monoisotopic (exact) mass is 918 g/mol. The van der Waals surface area contributed by atoms with Crippen LogP contribution in [0.4, 0.5) is 27.8 Å². The van der Waals surface area contributed by atoms with Crippen molar-refractivity contribution < 1.29 is 47.8 Å². The van der Waals surface area contributed by atoms with Gasteiger partial charge in [0.2, 0.25) is 23.6 Å². The Kier molecular flexibility index (Phi) is 14.8. The molecular formula is C47H50N8O10S. The van der Waals surface area contributed by atoms with E-state index in [1.54, 1.807) is 65.3 Å². The van der Waals surface area contributed by atoms with E-state index in [0.29, 0.717) is 70.5 Å². The van der Waals surface area contributed by atoms with Crippen LogP contribution in [0.1, 0.15) is 71.9 Å². The zero-order valence-electron chi connectivity index (χ0n) is 36.9. The van der Waals surface area contributed by atoms with Crippen LogP contribution in [0.25, 0.3) is 10.1 Å². The molecule has 6 amide bonds. The van der Waals surface area contributed by atoms with Gasteiger partial charge in [0.15, 0.2) is 11.5 Å². The number of amides is 6. The van der Waals surface area contributed by atoms with Gasteiger partial charge in [-0.1, -0.05) is 18.2 Å². The van der Waals surface area contributed by atoms with E-state index in [-0.39, 0.29) is 62.1 Å². The van der Waals surface area contributed by atoms with Crippen molar-refractivity contribution >= 4 is 96.8 Å². The number of rotatable bonds is 19. The van der Waals surface area contributed by atoms with E-state index in [9.17, 15) is 33.6 Å². The number of unbranched alkanes of at least 4 members (excludes halogenated alkanes) is 1. The smallest absolute Gasteiger partial charge is 0.305 e. The molecule has 0 saturated carbocycles. The lowest BCUT2D eigenvalue weighted by Gasteiger charge is -2.22. The molecule has 2 atom stereocenters. The molecule has 0 spiro atoms. The SMILES string of the molecule is COC(=O)CCCCC(=O)N[C@@H](C)C(=O)NCC(=O)Nc1cc2cc(NC(=O)c3cc(NC(=O)CCCOc4cc5c(cc4OC)C(=O)N4c6ccccc6C[C@H]4C=N5)cn3C)ccc2s1. The van der Waals surface area contributed by atoms with Crippen LogP contribution in [0.5, 0.6) is 11.5 Å². The third-order valence-corrected chi connectivity index (χ3v) is 12.0. The Morgan fingerprint density at radius 1 is 0.848 bits per heavy atom. The summed E-state index contributed by atoms with van der Waals surface area (Å²) in [6, 6.07) is 18.8. The Hall–Kier alpha value is -7.54. The summed E-state index contributed by atoms with van der Waals surface area (Å²) in [5.41, 5.74) is 4.12. The number of carbonyl (C=O) groups is 7. The topological polar surface area (TPSA) is 228 Å². The van der Waals surface area contributed by atoms with Gasteiger partial charge in [-0.15, -0.1) is 11.3 Å². The Bertz CT molecular complexity index is 2730. The van der Waals surface area contributed by atoms with Gasteiger partial charge in [-0.3, -0.25) is 43.5 Å². The molecule has 4 heterocycles. The molecule has 2 aliphatic heterocycles. The van der Waals surface area contributed by atoms with Gasteiger partial charge in [-0.2, -0.15) is 0 Å². The second kappa shape index (κ2) is 21.0. The number of para-hydroxylation sites is 1. The van der Waals surface area contributed by atoms with Crippen molar-refractivity contribution in [3.63, 3.8) is 0 Å². The number of esters is 1. The molecule has 0 fully saturated rings. The molecule has 0 unspecified atom stereocenters. The predicted octanol–water partition coefficient (Wildman–Crippen LogP) is 5.88. The molecule has 66 heavy (non-hydrogen) atoms. The summed E-state index contributed by atoms with van der Waals surface area (Å²) >= 11 is 1.32. The van der Waals surface area contributed by atoms with Gasteiger partial charge in [-0.25, -0.2) is 0 Å². The van der Waals surface area contributed by atoms with Crippen molar-refractivity contribution in [2.45, 2.75) is 64.0 Å². The van der Waals surface area contributed by atoms with Crippen molar-refractivity contribution in [3.05, 3.63) is 89.7 Å². The van der Waals surface area contributed by atoms with Crippen molar-refractivity contribution in [3.8, 4) is 11.5 Å². The second-order valence-electron chi connectivity index (χ2n) is 15.8. The molecule has 7 rings (SSSR count). The second-order valence-corrected chi connectivity index (χ2v) is 16.8. The summed E-state index contributed by atoms with van der Waals surface area (Å²) in [4.78, 5) is 94.9. The van der Waals surface area contributed by atoms with Gasteiger partial charge in [0.05, 0.1) is 55.4 Å². The predicted molar refractivity (Wildman–Crippen MR) is 250 cm³/mol. The van der Waals surface area contributed by atoms with E-state index in [4.69, 9.17) is 9.47 Å².